The van der Waals surface area contributed by atoms with Gasteiger partial charge in [-0.2, -0.15) is 0 Å². The third kappa shape index (κ3) is 3.98. The largest absolute Gasteiger partial charge is 0.481 e. The highest BCUT2D eigenvalue weighted by Gasteiger charge is 2.44. The average molecular weight is 258 g/mol. The Balaban J connectivity index is 4.68. The fourth-order valence-electron chi connectivity index (χ4n) is 1.48. The third-order valence-corrected chi connectivity index (χ3v) is 3.93. The number of nitrogens with one attached hydrogen (secondary N) is 1. The molecule has 0 aliphatic carbocycles. The smallest absolute Gasteiger partial charge is 0.311 e. The molecule has 0 bridgehead atoms. The van der Waals surface area contributed by atoms with E-state index in [9.17, 15) is 14.7 Å². The zero-order valence-corrected chi connectivity index (χ0v) is 12.0. The predicted octanol–water partition coefficient (Wildman–Crippen LogP) is 1.37. The first kappa shape index (κ1) is 16.9. The molecule has 0 rings (SSSR count). The SMILES string of the molecule is CCC(CN)CC(=O)NC(C)(C)C(C)(C)C(=O)O. The molecular weight excluding hydrogens is 232 g/mol. The van der Waals surface area contributed by atoms with Crippen molar-refractivity contribution in [1.29, 1.82) is 0 Å². The molecule has 0 fully saturated rings. The number of carboxylic acids is 1. The lowest BCUT2D eigenvalue weighted by molar-refractivity contribution is -0.151. The first-order chi connectivity index (χ1) is 8.08. The Morgan fingerprint density at radius 3 is 2.11 bits per heavy atom. The molecule has 0 saturated carbocycles. The van der Waals surface area contributed by atoms with Gasteiger partial charge in [0.25, 0.3) is 0 Å². The molecule has 0 aliphatic rings. The predicted molar refractivity (Wildman–Crippen MR) is 71.1 cm³/mol. The normalized spacial score (nSPS) is 14.1. The van der Waals surface area contributed by atoms with Gasteiger partial charge < -0.3 is 16.2 Å². The van der Waals surface area contributed by atoms with Crippen LogP contribution in [0.25, 0.3) is 0 Å². The van der Waals surface area contributed by atoms with Crippen molar-refractivity contribution >= 4 is 11.9 Å². The van der Waals surface area contributed by atoms with Crippen molar-refractivity contribution in [2.24, 2.45) is 17.1 Å². The van der Waals surface area contributed by atoms with Gasteiger partial charge in [-0.1, -0.05) is 13.3 Å². The van der Waals surface area contributed by atoms with E-state index in [2.05, 4.69) is 5.32 Å². The van der Waals surface area contributed by atoms with E-state index in [0.717, 1.165) is 6.42 Å². The summed E-state index contributed by atoms with van der Waals surface area (Å²) in [4.78, 5) is 23.1. The van der Waals surface area contributed by atoms with Crippen LogP contribution in [0.5, 0.6) is 0 Å². The Kier molecular flexibility index (Phi) is 5.80. The summed E-state index contributed by atoms with van der Waals surface area (Å²) in [6.45, 7) is 9.11. The molecule has 0 aromatic heterocycles. The van der Waals surface area contributed by atoms with Gasteiger partial charge in [-0.25, -0.2) is 0 Å². The summed E-state index contributed by atoms with van der Waals surface area (Å²) in [7, 11) is 0. The second kappa shape index (κ2) is 6.18. The average Bonchev–Trinajstić information content (AvgIpc) is 2.24. The number of nitrogens with two attached hydrogens (primary N) is 1. The molecule has 106 valence electrons. The Hall–Kier alpha value is -1.10. The van der Waals surface area contributed by atoms with Gasteiger partial charge in [0.2, 0.25) is 5.91 Å². The van der Waals surface area contributed by atoms with Gasteiger partial charge in [0.05, 0.1) is 5.41 Å². The molecule has 1 amide bonds. The van der Waals surface area contributed by atoms with Crippen LogP contribution in [0.4, 0.5) is 0 Å². The van der Waals surface area contributed by atoms with Gasteiger partial charge >= 0.3 is 5.97 Å². The first-order valence-corrected chi connectivity index (χ1v) is 6.33. The standard InChI is InChI=1S/C13H26N2O3/c1-6-9(8-14)7-10(16)15-13(4,5)12(2,3)11(17)18/h9H,6-8,14H2,1-5H3,(H,15,16)(H,17,18). The van der Waals surface area contributed by atoms with Crippen LogP contribution in [0.1, 0.15) is 47.5 Å². The molecule has 0 radical (unpaired) electrons. The van der Waals surface area contributed by atoms with E-state index in [0.29, 0.717) is 13.0 Å². The summed E-state index contributed by atoms with van der Waals surface area (Å²) in [6, 6.07) is 0. The lowest BCUT2D eigenvalue weighted by Crippen LogP contribution is -2.57. The van der Waals surface area contributed by atoms with E-state index in [-0.39, 0.29) is 11.8 Å². The molecule has 0 aliphatic heterocycles. The van der Waals surface area contributed by atoms with Crippen molar-refractivity contribution < 1.29 is 14.7 Å². The molecule has 1 atom stereocenters. The lowest BCUT2D eigenvalue weighted by atomic mass is 9.74. The number of carboxylic acid groups (broad SMARTS) is 1. The highest BCUT2D eigenvalue weighted by molar-refractivity contribution is 5.80. The Morgan fingerprint density at radius 2 is 1.78 bits per heavy atom. The number of carbonyl (C=O) groups is 2. The zero-order chi connectivity index (χ0) is 14.6. The fraction of sp³-hybridized carbons (Fsp3) is 0.846. The number of hydrogen-bond acceptors (Lipinski definition) is 3. The molecule has 0 aromatic rings. The summed E-state index contributed by atoms with van der Waals surface area (Å²) in [5.41, 5.74) is 3.70. The molecule has 18 heavy (non-hydrogen) atoms. The minimum Gasteiger partial charge on any atom is -0.481 e. The van der Waals surface area contributed by atoms with Gasteiger partial charge in [0, 0.05) is 12.0 Å². The van der Waals surface area contributed by atoms with E-state index < -0.39 is 16.9 Å². The van der Waals surface area contributed by atoms with E-state index >= 15 is 0 Å². The van der Waals surface area contributed by atoms with Crippen LogP contribution in [0.2, 0.25) is 0 Å². The van der Waals surface area contributed by atoms with Gasteiger partial charge in [-0.3, -0.25) is 9.59 Å². The summed E-state index contributed by atoms with van der Waals surface area (Å²) >= 11 is 0. The van der Waals surface area contributed by atoms with Crippen LogP contribution in [-0.4, -0.2) is 29.1 Å². The van der Waals surface area contributed by atoms with Crippen LogP contribution < -0.4 is 11.1 Å². The number of rotatable bonds is 7. The molecule has 4 N–H and O–H groups in total. The summed E-state index contributed by atoms with van der Waals surface area (Å²) in [5.74, 6) is -0.931. The minimum atomic E-state index is -1.03. The summed E-state index contributed by atoms with van der Waals surface area (Å²) < 4.78 is 0. The van der Waals surface area contributed by atoms with E-state index in [4.69, 9.17) is 5.73 Å². The maximum absolute atomic E-state index is 11.9. The Bertz CT molecular complexity index is 307. The van der Waals surface area contributed by atoms with E-state index in [1.165, 1.54) is 0 Å². The molecule has 0 spiro atoms. The van der Waals surface area contributed by atoms with Crippen LogP contribution in [-0.2, 0) is 9.59 Å². The molecule has 5 heteroatoms. The topological polar surface area (TPSA) is 92.4 Å². The highest BCUT2D eigenvalue weighted by Crippen LogP contribution is 2.30. The van der Waals surface area contributed by atoms with Gasteiger partial charge in [-0.05, 0) is 40.2 Å². The monoisotopic (exact) mass is 258 g/mol. The minimum absolute atomic E-state index is 0.147. The van der Waals surface area contributed by atoms with Gasteiger partial charge in [0.1, 0.15) is 0 Å². The molecule has 0 saturated heterocycles. The first-order valence-electron chi connectivity index (χ1n) is 6.33. The highest BCUT2D eigenvalue weighted by atomic mass is 16.4. The maximum atomic E-state index is 11.9. The van der Waals surface area contributed by atoms with Crippen LogP contribution in [0.3, 0.4) is 0 Å². The van der Waals surface area contributed by atoms with Crippen molar-refractivity contribution in [3.05, 3.63) is 0 Å². The van der Waals surface area contributed by atoms with Crippen molar-refractivity contribution in [3.63, 3.8) is 0 Å². The van der Waals surface area contributed by atoms with Crippen molar-refractivity contribution in [1.82, 2.24) is 5.32 Å². The number of aliphatic carboxylic acids is 1. The summed E-state index contributed by atoms with van der Waals surface area (Å²) in [5, 5.41) is 12.0. The quantitative estimate of drug-likeness (QED) is 0.643. The van der Waals surface area contributed by atoms with Crippen LogP contribution in [0.15, 0.2) is 0 Å². The van der Waals surface area contributed by atoms with E-state index in [1.54, 1.807) is 27.7 Å². The molecule has 0 heterocycles. The lowest BCUT2D eigenvalue weighted by Gasteiger charge is -2.39. The second-order valence-electron chi connectivity index (χ2n) is 5.82. The zero-order valence-electron chi connectivity index (χ0n) is 12.0. The van der Waals surface area contributed by atoms with Crippen LogP contribution in [0, 0.1) is 11.3 Å². The fourth-order valence-corrected chi connectivity index (χ4v) is 1.48. The van der Waals surface area contributed by atoms with Gasteiger partial charge in [0.15, 0.2) is 0 Å². The van der Waals surface area contributed by atoms with Crippen molar-refractivity contribution in [3.8, 4) is 0 Å². The van der Waals surface area contributed by atoms with Gasteiger partial charge in [-0.15, -0.1) is 0 Å². The number of hydrogen-bond donors (Lipinski definition) is 3. The van der Waals surface area contributed by atoms with Crippen molar-refractivity contribution in [2.45, 2.75) is 53.0 Å². The molecule has 5 nitrogen and oxygen atoms in total. The van der Waals surface area contributed by atoms with Crippen molar-refractivity contribution in [2.75, 3.05) is 6.54 Å². The maximum Gasteiger partial charge on any atom is 0.311 e. The summed E-state index contributed by atoms with van der Waals surface area (Å²) in [6.07, 6.45) is 1.18. The third-order valence-electron chi connectivity index (χ3n) is 3.93. The second-order valence-corrected chi connectivity index (χ2v) is 5.82. The Morgan fingerprint density at radius 1 is 1.28 bits per heavy atom. The van der Waals surface area contributed by atoms with Crippen LogP contribution >= 0.6 is 0 Å². The Labute approximate surface area is 109 Å². The van der Waals surface area contributed by atoms with E-state index in [1.807, 2.05) is 6.92 Å². The number of amides is 1. The molecule has 1 unspecified atom stereocenters. The molecular formula is C13H26N2O3. The molecule has 0 aromatic carbocycles. The number of carbonyl (C=O) groups excluding carboxylic acids is 1.